The van der Waals surface area contributed by atoms with E-state index in [-0.39, 0.29) is 22.4 Å². The van der Waals surface area contributed by atoms with Crippen LogP contribution in [0.5, 0.6) is 0 Å². The number of rotatable bonds is 3. The maximum absolute atomic E-state index is 12.1. The Morgan fingerprint density at radius 2 is 1.84 bits per heavy atom. The number of nitrogens with one attached hydrogen (secondary N) is 1. The van der Waals surface area contributed by atoms with Crippen molar-refractivity contribution in [2.75, 3.05) is 31.6 Å². The van der Waals surface area contributed by atoms with Crippen LogP contribution < -0.4 is 5.32 Å². The monoisotopic (exact) mass is 305 g/mol. The first kappa shape index (κ1) is 14.2. The van der Waals surface area contributed by atoms with Gasteiger partial charge in [0.15, 0.2) is 0 Å². The van der Waals surface area contributed by atoms with Crippen molar-refractivity contribution >= 4 is 35.1 Å². The molecular weight excluding hydrogens is 293 g/mol. The van der Waals surface area contributed by atoms with Crippen LogP contribution in [-0.4, -0.2) is 58.1 Å². The minimum Gasteiger partial charge on any atom is -0.378 e. The molecule has 19 heavy (non-hydrogen) atoms. The van der Waals surface area contributed by atoms with Gasteiger partial charge >= 0.3 is 0 Å². The third kappa shape index (κ3) is 3.89. The normalized spacial score (nSPS) is 17.1. The topological polar surface area (TPSA) is 80.2 Å². The fourth-order valence-electron chi connectivity index (χ4n) is 1.70. The number of halogens is 2. The van der Waals surface area contributed by atoms with E-state index in [1.54, 1.807) is 11.8 Å². The van der Waals surface area contributed by atoms with Crippen LogP contribution in [0.1, 0.15) is 6.92 Å². The molecule has 9 heteroatoms. The largest absolute Gasteiger partial charge is 0.378 e. The Balaban J connectivity index is 1.99. The van der Waals surface area contributed by atoms with E-state index in [4.69, 9.17) is 27.9 Å². The van der Waals surface area contributed by atoms with Crippen molar-refractivity contribution in [3.63, 3.8) is 0 Å². The molecule has 1 atom stereocenters. The van der Waals surface area contributed by atoms with E-state index in [9.17, 15) is 4.79 Å². The van der Waals surface area contributed by atoms with E-state index in [0.717, 1.165) is 0 Å². The van der Waals surface area contributed by atoms with Crippen LogP contribution in [0.25, 0.3) is 0 Å². The van der Waals surface area contributed by atoms with Crippen LogP contribution >= 0.6 is 23.2 Å². The molecule has 2 rings (SSSR count). The molecule has 0 bridgehead atoms. The molecule has 0 saturated carbocycles. The fourth-order valence-corrected chi connectivity index (χ4v) is 2.07. The first-order chi connectivity index (χ1) is 9.06. The number of morpholine rings is 1. The van der Waals surface area contributed by atoms with Gasteiger partial charge in [-0.05, 0) is 30.1 Å². The average Bonchev–Trinajstić information content (AvgIpc) is 2.37. The zero-order valence-corrected chi connectivity index (χ0v) is 11.8. The molecule has 7 nitrogen and oxygen atoms in total. The van der Waals surface area contributed by atoms with Gasteiger partial charge in [-0.1, -0.05) is 0 Å². The summed E-state index contributed by atoms with van der Waals surface area (Å²) in [5.41, 5.74) is 0. The molecule has 1 aromatic rings. The van der Waals surface area contributed by atoms with E-state index in [1.807, 2.05) is 0 Å². The second-order valence-corrected chi connectivity index (χ2v) is 4.68. The molecule has 2 heterocycles. The Labute approximate surface area is 120 Å². The summed E-state index contributed by atoms with van der Waals surface area (Å²) in [4.78, 5) is 25.2. The number of carbonyl (C=O) groups excluding carboxylic acids is 1. The van der Waals surface area contributed by atoms with Gasteiger partial charge < -0.3 is 15.0 Å². The van der Waals surface area contributed by atoms with E-state index in [1.165, 1.54) is 0 Å². The van der Waals surface area contributed by atoms with Crippen LogP contribution in [0.2, 0.25) is 10.6 Å². The Hall–Kier alpha value is -1.18. The number of anilines is 1. The van der Waals surface area contributed by atoms with Crippen molar-refractivity contribution in [3.8, 4) is 0 Å². The highest BCUT2D eigenvalue weighted by molar-refractivity contribution is 6.31. The summed E-state index contributed by atoms with van der Waals surface area (Å²) < 4.78 is 5.20. The Morgan fingerprint density at radius 1 is 1.26 bits per heavy atom. The molecule has 1 unspecified atom stereocenters. The van der Waals surface area contributed by atoms with Crippen molar-refractivity contribution in [2.24, 2.45) is 0 Å². The lowest BCUT2D eigenvalue weighted by Gasteiger charge is -2.29. The van der Waals surface area contributed by atoms with Gasteiger partial charge in [0.05, 0.1) is 13.2 Å². The predicted molar refractivity (Wildman–Crippen MR) is 70.3 cm³/mol. The van der Waals surface area contributed by atoms with Crippen LogP contribution in [0.15, 0.2) is 0 Å². The van der Waals surface area contributed by atoms with Gasteiger partial charge in [-0.2, -0.15) is 15.0 Å². The lowest BCUT2D eigenvalue weighted by molar-refractivity contribution is -0.135. The summed E-state index contributed by atoms with van der Waals surface area (Å²) in [6.45, 7) is 4.01. The minimum atomic E-state index is -0.479. The van der Waals surface area contributed by atoms with Gasteiger partial charge in [-0.25, -0.2) is 0 Å². The first-order valence-corrected chi connectivity index (χ1v) is 6.52. The van der Waals surface area contributed by atoms with Crippen molar-refractivity contribution in [1.82, 2.24) is 19.9 Å². The molecule has 0 aliphatic carbocycles. The molecule has 1 fully saturated rings. The van der Waals surface area contributed by atoms with Gasteiger partial charge in [-0.3, -0.25) is 4.79 Å². The summed E-state index contributed by atoms with van der Waals surface area (Å²) in [5, 5.41) is 2.82. The Morgan fingerprint density at radius 3 is 2.42 bits per heavy atom. The zero-order chi connectivity index (χ0) is 13.8. The number of nitrogens with zero attached hydrogens (tertiary/aromatic N) is 4. The lowest BCUT2D eigenvalue weighted by atomic mass is 10.2. The summed E-state index contributed by atoms with van der Waals surface area (Å²) >= 11 is 11.3. The Kier molecular flexibility index (Phi) is 4.73. The van der Waals surface area contributed by atoms with Crippen LogP contribution in [0.3, 0.4) is 0 Å². The summed E-state index contributed by atoms with van der Waals surface area (Å²) in [5.74, 6) is 0.134. The molecule has 1 aromatic heterocycles. The number of hydrogen-bond acceptors (Lipinski definition) is 6. The smallest absolute Gasteiger partial charge is 0.245 e. The fraction of sp³-hybridized carbons (Fsp3) is 0.600. The highest BCUT2D eigenvalue weighted by Crippen LogP contribution is 2.11. The molecule has 1 saturated heterocycles. The average molecular weight is 306 g/mol. The highest BCUT2D eigenvalue weighted by Gasteiger charge is 2.23. The zero-order valence-electron chi connectivity index (χ0n) is 10.3. The second-order valence-electron chi connectivity index (χ2n) is 4.00. The third-order valence-electron chi connectivity index (χ3n) is 2.62. The van der Waals surface area contributed by atoms with Crippen molar-refractivity contribution < 1.29 is 9.53 Å². The molecule has 1 N–H and O–H groups in total. The van der Waals surface area contributed by atoms with Gasteiger partial charge in [-0.15, -0.1) is 0 Å². The molecule has 104 valence electrons. The van der Waals surface area contributed by atoms with Gasteiger partial charge in [0.25, 0.3) is 0 Å². The molecule has 0 spiro atoms. The SMILES string of the molecule is CC(Nc1nc(Cl)nc(Cl)n1)C(=O)N1CCOCC1. The van der Waals surface area contributed by atoms with Crippen molar-refractivity contribution in [2.45, 2.75) is 13.0 Å². The second kappa shape index (κ2) is 6.31. The summed E-state index contributed by atoms with van der Waals surface area (Å²) in [7, 11) is 0. The van der Waals surface area contributed by atoms with E-state index in [0.29, 0.717) is 26.3 Å². The first-order valence-electron chi connectivity index (χ1n) is 5.76. The Bertz CT molecular complexity index is 447. The van der Waals surface area contributed by atoms with Crippen LogP contribution in [0.4, 0.5) is 5.95 Å². The van der Waals surface area contributed by atoms with Gasteiger partial charge in [0.1, 0.15) is 6.04 Å². The number of aromatic nitrogens is 3. The molecular formula is C10H13Cl2N5O2. The highest BCUT2D eigenvalue weighted by atomic mass is 35.5. The standard InChI is InChI=1S/C10H13Cl2N5O2/c1-6(7(18)17-2-4-19-5-3-17)13-10-15-8(11)14-9(12)16-10/h6H,2-5H2,1H3,(H,13,14,15,16). The summed E-state index contributed by atoms with van der Waals surface area (Å²) in [6.07, 6.45) is 0. The van der Waals surface area contributed by atoms with Gasteiger partial charge in [0, 0.05) is 13.1 Å². The molecule has 1 amide bonds. The van der Waals surface area contributed by atoms with Crippen LogP contribution in [-0.2, 0) is 9.53 Å². The van der Waals surface area contributed by atoms with Crippen molar-refractivity contribution in [3.05, 3.63) is 10.6 Å². The molecule has 1 aliphatic rings. The quantitative estimate of drug-likeness (QED) is 0.891. The maximum Gasteiger partial charge on any atom is 0.245 e. The lowest BCUT2D eigenvalue weighted by Crippen LogP contribution is -2.47. The minimum absolute atomic E-state index is 0.0199. The molecule has 0 aromatic carbocycles. The van der Waals surface area contributed by atoms with E-state index in [2.05, 4.69) is 20.3 Å². The number of carbonyl (C=O) groups is 1. The molecule has 1 aliphatic heterocycles. The predicted octanol–water partition coefficient (Wildman–Crippen LogP) is 0.838. The summed E-state index contributed by atoms with van der Waals surface area (Å²) in [6, 6.07) is -0.479. The maximum atomic E-state index is 12.1. The molecule has 0 radical (unpaired) electrons. The third-order valence-corrected chi connectivity index (χ3v) is 2.96. The van der Waals surface area contributed by atoms with E-state index >= 15 is 0 Å². The van der Waals surface area contributed by atoms with E-state index < -0.39 is 6.04 Å². The number of hydrogen-bond donors (Lipinski definition) is 1. The van der Waals surface area contributed by atoms with Gasteiger partial charge in [0.2, 0.25) is 22.4 Å². The number of amides is 1. The van der Waals surface area contributed by atoms with Crippen LogP contribution in [0, 0.1) is 0 Å². The van der Waals surface area contributed by atoms with Crippen molar-refractivity contribution in [1.29, 1.82) is 0 Å². The number of ether oxygens (including phenoxy) is 1.